The maximum absolute atomic E-state index is 13.5. The van der Waals surface area contributed by atoms with E-state index in [1.807, 2.05) is 0 Å². The highest BCUT2D eigenvalue weighted by Gasteiger charge is 2.10. The van der Waals surface area contributed by atoms with Crippen LogP contribution in [0.5, 0.6) is 11.6 Å². The molecule has 18 heavy (non-hydrogen) atoms. The van der Waals surface area contributed by atoms with Gasteiger partial charge < -0.3 is 10.5 Å². The fourth-order valence-electron chi connectivity index (χ4n) is 1.34. The minimum absolute atomic E-state index is 0.124. The van der Waals surface area contributed by atoms with Crippen molar-refractivity contribution in [2.75, 3.05) is 0 Å². The number of ether oxygens (including phenoxy) is 1. The number of halogens is 3. The molecular weight excluding hydrogens is 323 g/mol. The summed E-state index contributed by atoms with van der Waals surface area (Å²) in [4.78, 5) is 3.83. The predicted molar refractivity (Wildman–Crippen MR) is 71.3 cm³/mol. The van der Waals surface area contributed by atoms with E-state index in [4.69, 9.17) is 22.1 Å². The number of aromatic nitrogens is 1. The van der Waals surface area contributed by atoms with Crippen molar-refractivity contribution in [1.29, 1.82) is 0 Å². The van der Waals surface area contributed by atoms with Crippen LogP contribution in [0.3, 0.4) is 0 Å². The van der Waals surface area contributed by atoms with Crippen LogP contribution in [-0.2, 0) is 6.54 Å². The molecule has 0 fully saturated rings. The molecule has 3 nitrogen and oxygen atoms in total. The van der Waals surface area contributed by atoms with Crippen LogP contribution in [0.25, 0.3) is 0 Å². The topological polar surface area (TPSA) is 48.1 Å². The van der Waals surface area contributed by atoms with E-state index in [0.717, 1.165) is 5.56 Å². The molecule has 2 N–H and O–H groups in total. The van der Waals surface area contributed by atoms with Gasteiger partial charge in [-0.1, -0.05) is 17.7 Å². The van der Waals surface area contributed by atoms with Gasteiger partial charge in [0, 0.05) is 17.2 Å². The number of nitrogens with zero attached hydrogens (tertiary/aromatic N) is 1. The van der Waals surface area contributed by atoms with E-state index in [1.165, 1.54) is 12.3 Å². The van der Waals surface area contributed by atoms with Crippen molar-refractivity contribution in [1.82, 2.24) is 4.98 Å². The van der Waals surface area contributed by atoms with E-state index >= 15 is 0 Å². The first-order valence-corrected chi connectivity index (χ1v) is 6.24. The number of pyridine rings is 1. The van der Waals surface area contributed by atoms with E-state index < -0.39 is 5.82 Å². The molecule has 2 rings (SSSR count). The minimum Gasteiger partial charge on any atom is -0.435 e. The van der Waals surface area contributed by atoms with Gasteiger partial charge in [0.2, 0.25) is 0 Å². The van der Waals surface area contributed by atoms with E-state index in [2.05, 4.69) is 20.9 Å². The smallest absolute Gasteiger partial charge is 0.255 e. The molecule has 0 spiro atoms. The molecule has 0 aliphatic heterocycles. The van der Waals surface area contributed by atoms with Crippen LogP contribution in [0.1, 0.15) is 5.56 Å². The largest absolute Gasteiger partial charge is 0.435 e. The van der Waals surface area contributed by atoms with Gasteiger partial charge in [-0.05, 0) is 39.7 Å². The summed E-state index contributed by atoms with van der Waals surface area (Å²) in [7, 11) is 0. The van der Waals surface area contributed by atoms with Crippen LogP contribution < -0.4 is 10.5 Å². The first-order chi connectivity index (χ1) is 8.60. The van der Waals surface area contributed by atoms with E-state index in [0.29, 0.717) is 21.8 Å². The Hall–Kier alpha value is -1.17. The highest BCUT2D eigenvalue weighted by molar-refractivity contribution is 9.10. The molecule has 0 atom stereocenters. The Bertz CT molecular complexity index is 580. The van der Waals surface area contributed by atoms with Crippen molar-refractivity contribution in [2.45, 2.75) is 6.54 Å². The summed E-state index contributed by atoms with van der Waals surface area (Å²) in [5.41, 5.74) is 6.36. The number of nitrogens with two attached hydrogens (primary N) is 1. The summed E-state index contributed by atoms with van der Waals surface area (Å²) < 4.78 is 19.4. The Morgan fingerprint density at radius 3 is 2.78 bits per heavy atom. The molecule has 1 aromatic carbocycles. The van der Waals surface area contributed by atoms with Crippen molar-refractivity contribution in [3.8, 4) is 11.6 Å². The Morgan fingerprint density at radius 1 is 1.39 bits per heavy atom. The number of hydrogen-bond donors (Lipinski definition) is 1. The summed E-state index contributed by atoms with van der Waals surface area (Å²) in [6, 6.07) is 6.34. The van der Waals surface area contributed by atoms with Gasteiger partial charge in [0.25, 0.3) is 5.88 Å². The summed E-state index contributed by atoms with van der Waals surface area (Å²) >= 11 is 9.12. The van der Waals surface area contributed by atoms with Crippen molar-refractivity contribution in [3.63, 3.8) is 0 Å². The number of rotatable bonds is 3. The lowest BCUT2D eigenvalue weighted by molar-refractivity contribution is 0.422. The second kappa shape index (κ2) is 5.65. The van der Waals surface area contributed by atoms with Gasteiger partial charge in [-0.25, -0.2) is 9.37 Å². The maximum atomic E-state index is 13.5. The molecule has 1 heterocycles. The monoisotopic (exact) mass is 330 g/mol. The van der Waals surface area contributed by atoms with Gasteiger partial charge in [0.1, 0.15) is 5.75 Å². The maximum Gasteiger partial charge on any atom is 0.255 e. The fraction of sp³-hybridized carbons (Fsp3) is 0.0833. The first kappa shape index (κ1) is 13.3. The summed E-state index contributed by atoms with van der Waals surface area (Å²) in [6.45, 7) is 0.380. The zero-order chi connectivity index (χ0) is 13.1. The lowest BCUT2D eigenvalue weighted by Gasteiger charge is -2.08. The SMILES string of the molecule is NCc1ccc(Oc2ncc(Br)cc2F)c(Cl)c1. The highest BCUT2D eigenvalue weighted by Crippen LogP contribution is 2.30. The summed E-state index contributed by atoms with van der Waals surface area (Å²) in [5, 5.41) is 0.363. The second-order valence-electron chi connectivity index (χ2n) is 3.51. The lowest BCUT2D eigenvalue weighted by Crippen LogP contribution is -1.97. The molecule has 0 saturated heterocycles. The van der Waals surface area contributed by atoms with E-state index in [-0.39, 0.29) is 5.88 Å². The normalized spacial score (nSPS) is 10.4. The van der Waals surface area contributed by atoms with Crippen LogP contribution >= 0.6 is 27.5 Å². The minimum atomic E-state index is -0.566. The molecular formula is C12H9BrClFN2O. The average Bonchev–Trinajstić information content (AvgIpc) is 2.34. The predicted octanol–water partition coefficient (Wildman–Crippen LogP) is 3.89. The third kappa shape index (κ3) is 2.98. The Balaban J connectivity index is 2.28. The van der Waals surface area contributed by atoms with Crippen molar-refractivity contribution >= 4 is 27.5 Å². The molecule has 2 aromatic rings. The van der Waals surface area contributed by atoms with Crippen molar-refractivity contribution in [3.05, 3.63) is 51.3 Å². The number of benzene rings is 1. The van der Waals surface area contributed by atoms with E-state index in [9.17, 15) is 4.39 Å². The quantitative estimate of drug-likeness (QED) is 0.928. The molecule has 0 aliphatic carbocycles. The molecule has 0 bridgehead atoms. The van der Waals surface area contributed by atoms with Crippen LogP contribution in [0.15, 0.2) is 34.9 Å². The van der Waals surface area contributed by atoms with Crippen molar-refractivity contribution in [2.24, 2.45) is 5.73 Å². The summed E-state index contributed by atoms with van der Waals surface area (Å²) in [5.74, 6) is -0.355. The molecule has 0 saturated carbocycles. The molecule has 6 heteroatoms. The Kier molecular flexibility index (Phi) is 4.16. The standard InChI is InChI=1S/C12H9BrClFN2O/c13-8-4-10(15)12(17-6-8)18-11-2-1-7(5-16)3-9(11)14/h1-4,6H,5,16H2. The zero-order valence-electron chi connectivity index (χ0n) is 9.16. The fourth-order valence-corrected chi connectivity index (χ4v) is 1.88. The van der Waals surface area contributed by atoms with Gasteiger partial charge in [-0.3, -0.25) is 0 Å². The van der Waals surface area contributed by atoms with Gasteiger partial charge in [-0.15, -0.1) is 0 Å². The molecule has 0 aliphatic rings. The van der Waals surface area contributed by atoms with Crippen LogP contribution in [0.4, 0.5) is 4.39 Å². The second-order valence-corrected chi connectivity index (χ2v) is 4.83. The van der Waals surface area contributed by atoms with Gasteiger partial charge in [0.15, 0.2) is 5.82 Å². The van der Waals surface area contributed by atoms with Gasteiger partial charge >= 0.3 is 0 Å². The first-order valence-electron chi connectivity index (χ1n) is 5.07. The van der Waals surface area contributed by atoms with E-state index in [1.54, 1.807) is 18.2 Å². The Morgan fingerprint density at radius 2 is 2.17 bits per heavy atom. The molecule has 0 unspecified atom stereocenters. The van der Waals surface area contributed by atoms with Gasteiger partial charge in [-0.2, -0.15) is 0 Å². The Labute approximate surface area is 117 Å². The van der Waals surface area contributed by atoms with Gasteiger partial charge in [0.05, 0.1) is 5.02 Å². The summed E-state index contributed by atoms with van der Waals surface area (Å²) in [6.07, 6.45) is 1.45. The van der Waals surface area contributed by atoms with Crippen LogP contribution in [0.2, 0.25) is 5.02 Å². The molecule has 0 radical (unpaired) electrons. The van der Waals surface area contributed by atoms with Crippen LogP contribution in [-0.4, -0.2) is 4.98 Å². The zero-order valence-corrected chi connectivity index (χ0v) is 11.5. The molecule has 94 valence electrons. The highest BCUT2D eigenvalue weighted by atomic mass is 79.9. The third-order valence-corrected chi connectivity index (χ3v) is 2.94. The van der Waals surface area contributed by atoms with Crippen LogP contribution in [0, 0.1) is 5.82 Å². The lowest BCUT2D eigenvalue weighted by atomic mass is 10.2. The molecule has 0 amide bonds. The average molecular weight is 332 g/mol. The number of hydrogen-bond acceptors (Lipinski definition) is 3. The van der Waals surface area contributed by atoms with Crippen molar-refractivity contribution < 1.29 is 9.13 Å². The third-order valence-electron chi connectivity index (χ3n) is 2.21. The molecule has 1 aromatic heterocycles.